The number of furan rings is 1. The number of nitrogens with zero attached hydrogens (tertiary/aromatic N) is 2. The monoisotopic (exact) mass is 266 g/mol. The molecule has 2 heterocycles. The summed E-state index contributed by atoms with van der Waals surface area (Å²) in [6.45, 7) is 6.66. The van der Waals surface area contributed by atoms with Crippen LogP contribution < -0.4 is 0 Å². The van der Waals surface area contributed by atoms with E-state index in [4.69, 9.17) is 9.52 Å². The Morgan fingerprint density at radius 1 is 1.44 bits per heavy atom. The van der Waals surface area contributed by atoms with E-state index in [0.29, 0.717) is 6.54 Å². The van der Waals surface area contributed by atoms with Crippen LogP contribution in [0.1, 0.15) is 17.6 Å². The normalized spacial score (nSPS) is 11.3. The van der Waals surface area contributed by atoms with Crippen LogP contribution >= 0.6 is 11.3 Å². The highest BCUT2D eigenvalue weighted by Crippen LogP contribution is 2.27. The average molecular weight is 266 g/mol. The summed E-state index contributed by atoms with van der Waals surface area (Å²) in [5, 5.41) is 9.88. The fourth-order valence-corrected chi connectivity index (χ4v) is 2.67. The molecule has 1 N–H and O–H groups in total. The van der Waals surface area contributed by atoms with Crippen molar-refractivity contribution in [3.8, 4) is 10.8 Å². The zero-order chi connectivity index (χ0) is 13.0. The van der Waals surface area contributed by atoms with Gasteiger partial charge in [-0.3, -0.25) is 4.90 Å². The van der Waals surface area contributed by atoms with Crippen LogP contribution in [0, 0.1) is 6.92 Å². The Bertz CT molecular complexity index is 493. The lowest BCUT2D eigenvalue weighted by Gasteiger charge is -2.17. The highest BCUT2D eigenvalue weighted by atomic mass is 32.1. The van der Waals surface area contributed by atoms with Crippen LogP contribution in [0.5, 0.6) is 0 Å². The second-order valence-electron chi connectivity index (χ2n) is 4.13. The van der Waals surface area contributed by atoms with Gasteiger partial charge in [-0.05, 0) is 25.6 Å². The smallest absolute Gasteiger partial charge is 0.162 e. The first-order chi connectivity index (χ1) is 8.72. The molecule has 0 bridgehead atoms. The highest BCUT2D eigenvalue weighted by Gasteiger charge is 2.10. The summed E-state index contributed by atoms with van der Waals surface area (Å²) >= 11 is 1.64. The van der Waals surface area contributed by atoms with E-state index in [9.17, 15) is 0 Å². The lowest BCUT2D eigenvalue weighted by atomic mass is 10.4. The summed E-state index contributed by atoms with van der Waals surface area (Å²) in [6.07, 6.45) is 1.89. The molecule has 18 heavy (non-hydrogen) atoms. The van der Waals surface area contributed by atoms with Crippen molar-refractivity contribution < 1.29 is 9.52 Å². The molecule has 2 rings (SSSR count). The van der Waals surface area contributed by atoms with Crippen LogP contribution in [0.3, 0.4) is 0 Å². The summed E-state index contributed by atoms with van der Waals surface area (Å²) in [6, 6.07) is 3.89. The first kappa shape index (κ1) is 13.3. The second-order valence-corrected chi connectivity index (χ2v) is 5.25. The molecule has 0 atom stereocenters. The van der Waals surface area contributed by atoms with E-state index in [1.165, 1.54) is 4.88 Å². The molecule has 0 radical (unpaired) electrons. The Balaban J connectivity index is 2.06. The quantitative estimate of drug-likeness (QED) is 0.873. The number of hydrogen-bond acceptors (Lipinski definition) is 5. The van der Waals surface area contributed by atoms with Crippen LogP contribution in [0.4, 0.5) is 0 Å². The van der Waals surface area contributed by atoms with Crippen LogP contribution in [-0.4, -0.2) is 34.7 Å². The Labute approximate surface area is 111 Å². The molecule has 0 spiro atoms. The van der Waals surface area contributed by atoms with E-state index < -0.39 is 0 Å². The van der Waals surface area contributed by atoms with Crippen LogP contribution in [0.25, 0.3) is 10.8 Å². The van der Waals surface area contributed by atoms with Crippen LogP contribution in [-0.2, 0) is 6.54 Å². The van der Waals surface area contributed by atoms with Gasteiger partial charge in [-0.15, -0.1) is 11.3 Å². The first-order valence-electron chi connectivity index (χ1n) is 6.07. The van der Waals surface area contributed by atoms with Gasteiger partial charge in [0.05, 0.1) is 6.61 Å². The van der Waals surface area contributed by atoms with E-state index in [2.05, 4.69) is 16.8 Å². The molecule has 0 aliphatic heterocycles. The summed E-state index contributed by atoms with van der Waals surface area (Å²) in [4.78, 5) is 7.76. The minimum Gasteiger partial charge on any atom is -0.459 e. The molecule has 0 aliphatic carbocycles. The molecule has 2 aromatic heterocycles. The predicted molar refractivity (Wildman–Crippen MR) is 72.6 cm³/mol. The molecular weight excluding hydrogens is 248 g/mol. The van der Waals surface area contributed by atoms with Gasteiger partial charge in [0.15, 0.2) is 10.8 Å². The van der Waals surface area contributed by atoms with Crippen LogP contribution in [0.2, 0.25) is 0 Å². The number of aliphatic hydroxyl groups excluding tert-OH is 1. The molecule has 0 saturated carbocycles. The van der Waals surface area contributed by atoms with Crippen LogP contribution in [0.15, 0.2) is 22.7 Å². The lowest BCUT2D eigenvalue weighted by Crippen LogP contribution is -2.25. The topological polar surface area (TPSA) is 49.5 Å². The number of aryl methyl sites for hydroxylation is 1. The van der Waals surface area contributed by atoms with E-state index in [-0.39, 0.29) is 6.61 Å². The molecule has 98 valence electrons. The molecule has 0 unspecified atom stereocenters. The van der Waals surface area contributed by atoms with E-state index in [1.807, 2.05) is 25.3 Å². The zero-order valence-corrected chi connectivity index (χ0v) is 11.5. The Kier molecular flexibility index (Phi) is 4.52. The van der Waals surface area contributed by atoms with Gasteiger partial charge in [0.2, 0.25) is 0 Å². The minimum absolute atomic E-state index is 0.191. The average Bonchev–Trinajstić information content (AvgIpc) is 2.97. The van der Waals surface area contributed by atoms with Gasteiger partial charge in [-0.2, -0.15) is 0 Å². The predicted octanol–water partition coefficient (Wildman–Crippen LogP) is 2.53. The molecule has 5 heteroatoms. The van der Waals surface area contributed by atoms with Crippen molar-refractivity contribution in [2.24, 2.45) is 0 Å². The number of hydrogen-bond donors (Lipinski definition) is 1. The van der Waals surface area contributed by atoms with Gasteiger partial charge in [0.1, 0.15) is 5.76 Å². The van der Waals surface area contributed by atoms with Gasteiger partial charge in [0, 0.05) is 24.2 Å². The lowest BCUT2D eigenvalue weighted by molar-refractivity contribution is 0.198. The summed E-state index contributed by atoms with van der Waals surface area (Å²) < 4.78 is 5.56. The number of thiazole rings is 1. The van der Waals surface area contributed by atoms with Gasteiger partial charge in [-0.25, -0.2) is 4.98 Å². The molecular formula is C13H18N2O2S. The zero-order valence-electron chi connectivity index (χ0n) is 10.7. The summed E-state index contributed by atoms with van der Waals surface area (Å²) in [5.41, 5.74) is 0. The molecule has 4 nitrogen and oxygen atoms in total. The van der Waals surface area contributed by atoms with Crippen molar-refractivity contribution in [3.63, 3.8) is 0 Å². The fraction of sp³-hybridized carbons (Fsp3) is 0.462. The summed E-state index contributed by atoms with van der Waals surface area (Å²) in [5.74, 6) is 1.73. The third-order valence-corrected chi connectivity index (χ3v) is 3.74. The van der Waals surface area contributed by atoms with Gasteiger partial charge < -0.3 is 9.52 Å². The highest BCUT2D eigenvalue weighted by molar-refractivity contribution is 7.14. The van der Waals surface area contributed by atoms with E-state index >= 15 is 0 Å². The Hall–Kier alpha value is -1.17. The number of likely N-dealkylation sites (N-methyl/N-ethyl adjacent to an activating group) is 1. The van der Waals surface area contributed by atoms with Crippen molar-refractivity contribution in [1.82, 2.24) is 9.88 Å². The van der Waals surface area contributed by atoms with Gasteiger partial charge >= 0.3 is 0 Å². The summed E-state index contributed by atoms with van der Waals surface area (Å²) in [7, 11) is 0. The van der Waals surface area contributed by atoms with Crippen molar-refractivity contribution >= 4 is 11.3 Å². The maximum absolute atomic E-state index is 8.96. The molecule has 0 fully saturated rings. The number of aromatic nitrogens is 1. The fourth-order valence-electron chi connectivity index (χ4n) is 1.75. The Morgan fingerprint density at radius 2 is 2.28 bits per heavy atom. The van der Waals surface area contributed by atoms with E-state index in [0.717, 1.165) is 29.6 Å². The molecule has 0 amide bonds. The number of rotatable bonds is 6. The molecule has 0 aromatic carbocycles. The number of aliphatic hydroxyl groups is 1. The third-order valence-electron chi connectivity index (χ3n) is 2.75. The first-order valence-corrected chi connectivity index (χ1v) is 6.89. The minimum atomic E-state index is 0.191. The van der Waals surface area contributed by atoms with Crippen molar-refractivity contribution in [2.45, 2.75) is 20.4 Å². The SMILES string of the molecule is CCN(CCO)Cc1cnc(-c2ccc(C)o2)s1. The molecule has 0 saturated heterocycles. The largest absolute Gasteiger partial charge is 0.459 e. The standard InChI is InChI=1S/C13H18N2O2S/c1-3-15(6-7-16)9-11-8-14-13(18-11)12-5-4-10(2)17-12/h4-5,8,16H,3,6-7,9H2,1-2H3. The van der Waals surface area contributed by atoms with Gasteiger partial charge in [-0.1, -0.05) is 6.92 Å². The third kappa shape index (κ3) is 3.19. The molecule has 2 aromatic rings. The van der Waals surface area contributed by atoms with Crippen molar-refractivity contribution in [3.05, 3.63) is 29.0 Å². The van der Waals surface area contributed by atoms with E-state index in [1.54, 1.807) is 11.3 Å². The molecule has 0 aliphatic rings. The maximum Gasteiger partial charge on any atom is 0.162 e. The van der Waals surface area contributed by atoms with Gasteiger partial charge in [0.25, 0.3) is 0 Å². The second kappa shape index (κ2) is 6.13. The van der Waals surface area contributed by atoms with Crippen molar-refractivity contribution in [2.75, 3.05) is 19.7 Å². The van der Waals surface area contributed by atoms with Crippen molar-refractivity contribution in [1.29, 1.82) is 0 Å². The Morgan fingerprint density at radius 3 is 2.89 bits per heavy atom. The maximum atomic E-state index is 8.96.